The number of rotatable bonds is 4. The third kappa shape index (κ3) is 2.87. The summed E-state index contributed by atoms with van der Waals surface area (Å²) in [5.41, 5.74) is 0.519. The highest BCUT2D eigenvalue weighted by Crippen LogP contribution is 2.29. The van der Waals surface area contributed by atoms with Gasteiger partial charge in [0.25, 0.3) is 0 Å². The van der Waals surface area contributed by atoms with E-state index in [0.717, 1.165) is 26.1 Å². The van der Waals surface area contributed by atoms with E-state index in [2.05, 4.69) is 4.90 Å². The topological polar surface area (TPSA) is 49.8 Å². The largest absolute Gasteiger partial charge is 0.478 e. The van der Waals surface area contributed by atoms with E-state index in [4.69, 9.17) is 9.84 Å². The molecular weight excluding hydrogens is 218 g/mol. The Morgan fingerprint density at radius 2 is 2.35 bits per heavy atom. The van der Waals surface area contributed by atoms with Crippen molar-refractivity contribution in [1.82, 2.24) is 4.90 Å². The van der Waals surface area contributed by atoms with Crippen molar-refractivity contribution in [1.29, 1.82) is 0 Å². The summed E-state index contributed by atoms with van der Waals surface area (Å²) in [6.45, 7) is 4.34. The first-order valence-corrected chi connectivity index (χ1v) is 6.50. The summed E-state index contributed by atoms with van der Waals surface area (Å²) in [6.07, 6.45) is 6.41. The van der Waals surface area contributed by atoms with E-state index in [1.54, 1.807) is 0 Å². The number of nitrogens with zero attached hydrogens (tertiary/aromatic N) is 1. The van der Waals surface area contributed by atoms with E-state index in [9.17, 15) is 4.79 Å². The van der Waals surface area contributed by atoms with E-state index in [-0.39, 0.29) is 0 Å². The van der Waals surface area contributed by atoms with Crippen molar-refractivity contribution in [2.75, 3.05) is 19.7 Å². The number of hydrogen-bond donors (Lipinski definition) is 1. The minimum Gasteiger partial charge on any atom is -0.478 e. The minimum absolute atomic E-state index is 0.382. The average Bonchev–Trinajstić information content (AvgIpc) is 2.78. The Bertz CT molecular complexity index is 314. The van der Waals surface area contributed by atoms with Gasteiger partial charge in [-0.25, -0.2) is 4.79 Å². The molecular formula is C13H21NO3. The van der Waals surface area contributed by atoms with Crippen LogP contribution in [0.2, 0.25) is 0 Å². The van der Waals surface area contributed by atoms with Crippen LogP contribution in [0.3, 0.4) is 0 Å². The van der Waals surface area contributed by atoms with Gasteiger partial charge in [0.1, 0.15) is 0 Å². The van der Waals surface area contributed by atoms with E-state index >= 15 is 0 Å². The van der Waals surface area contributed by atoms with Gasteiger partial charge in [-0.2, -0.15) is 0 Å². The number of hydrogen-bond acceptors (Lipinski definition) is 3. The van der Waals surface area contributed by atoms with Crippen LogP contribution in [0.5, 0.6) is 0 Å². The van der Waals surface area contributed by atoms with Crippen LogP contribution >= 0.6 is 0 Å². The zero-order valence-electron chi connectivity index (χ0n) is 10.4. The molecule has 0 bridgehead atoms. The molecule has 1 saturated heterocycles. The second-order valence-electron chi connectivity index (χ2n) is 4.79. The van der Waals surface area contributed by atoms with Gasteiger partial charge in [0, 0.05) is 24.7 Å². The van der Waals surface area contributed by atoms with Gasteiger partial charge in [-0.1, -0.05) is 13.0 Å². The van der Waals surface area contributed by atoms with Gasteiger partial charge in [-0.3, -0.25) is 4.90 Å². The average molecular weight is 239 g/mol. The summed E-state index contributed by atoms with van der Waals surface area (Å²) in [4.78, 5) is 13.3. The van der Waals surface area contributed by atoms with Crippen molar-refractivity contribution < 1.29 is 14.6 Å². The Hall–Kier alpha value is -0.870. The van der Waals surface area contributed by atoms with Crippen molar-refractivity contribution in [3.8, 4) is 0 Å². The van der Waals surface area contributed by atoms with E-state index in [0.29, 0.717) is 24.1 Å². The molecule has 0 amide bonds. The van der Waals surface area contributed by atoms with E-state index < -0.39 is 5.97 Å². The monoisotopic (exact) mass is 239 g/mol. The van der Waals surface area contributed by atoms with E-state index in [1.165, 1.54) is 12.8 Å². The molecule has 0 radical (unpaired) electrons. The number of fused-ring (bicyclic) bond motifs is 1. The zero-order chi connectivity index (χ0) is 12.3. The Kier molecular flexibility index (Phi) is 4.18. The first-order chi connectivity index (χ1) is 8.22. The fourth-order valence-corrected chi connectivity index (χ4v) is 2.84. The van der Waals surface area contributed by atoms with Crippen molar-refractivity contribution >= 4 is 5.97 Å². The molecule has 0 aromatic carbocycles. The lowest BCUT2D eigenvalue weighted by Crippen LogP contribution is -2.48. The number of carbonyl (C=O) groups is 1. The molecule has 0 aromatic heterocycles. The van der Waals surface area contributed by atoms with Crippen LogP contribution in [0.4, 0.5) is 0 Å². The lowest BCUT2D eigenvalue weighted by Gasteiger charge is -2.37. The van der Waals surface area contributed by atoms with E-state index in [1.807, 2.05) is 13.0 Å². The van der Waals surface area contributed by atoms with Crippen LogP contribution < -0.4 is 0 Å². The van der Waals surface area contributed by atoms with Crippen LogP contribution in [0.1, 0.15) is 32.6 Å². The summed E-state index contributed by atoms with van der Waals surface area (Å²) < 4.78 is 5.73. The third-order valence-corrected chi connectivity index (χ3v) is 3.82. The molecule has 2 aliphatic rings. The predicted molar refractivity (Wildman–Crippen MR) is 65.0 cm³/mol. The maximum Gasteiger partial charge on any atom is 0.331 e. The van der Waals surface area contributed by atoms with Crippen molar-refractivity contribution in [3.05, 3.63) is 11.6 Å². The van der Waals surface area contributed by atoms with Gasteiger partial charge in [-0.15, -0.1) is 0 Å². The van der Waals surface area contributed by atoms with Gasteiger partial charge in [-0.05, 0) is 25.7 Å². The number of carboxylic acid groups (broad SMARTS) is 1. The third-order valence-electron chi connectivity index (χ3n) is 3.82. The molecule has 17 heavy (non-hydrogen) atoms. The molecule has 0 aromatic rings. The van der Waals surface area contributed by atoms with Crippen molar-refractivity contribution in [2.45, 2.75) is 44.8 Å². The number of morpholine rings is 1. The molecule has 1 N–H and O–H groups in total. The van der Waals surface area contributed by atoms with Gasteiger partial charge in [0.05, 0.1) is 12.7 Å². The lowest BCUT2D eigenvalue weighted by atomic mass is 10.1. The molecule has 96 valence electrons. The molecule has 4 nitrogen and oxygen atoms in total. The summed E-state index contributed by atoms with van der Waals surface area (Å²) >= 11 is 0. The summed E-state index contributed by atoms with van der Waals surface area (Å²) in [7, 11) is 0. The fourth-order valence-electron chi connectivity index (χ4n) is 2.84. The SMILES string of the molecule is CCC(=CCN1CCOC2CCCC21)C(=O)O. The standard InChI is InChI=1S/C13H21NO3/c1-2-10(13(15)16)6-7-14-8-9-17-12-5-3-4-11(12)14/h6,11-12H,2-5,7-9H2,1H3,(H,15,16). The molecule has 4 heteroatoms. The second kappa shape index (κ2) is 5.65. The molecule has 2 fully saturated rings. The molecule has 0 spiro atoms. The van der Waals surface area contributed by atoms with Gasteiger partial charge in [0.15, 0.2) is 0 Å². The normalized spacial score (nSPS) is 30.3. The maximum absolute atomic E-state index is 10.9. The predicted octanol–water partition coefficient (Wildman–Crippen LogP) is 1.66. The molecule has 1 saturated carbocycles. The Morgan fingerprint density at radius 3 is 3.06 bits per heavy atom. The first-order valence-electron chi connectivity index (χ1n) is 6.50. The smallest absolute Gasteiger partial charge is 0.331 e. The quantitative estimate of drug-likeness (QED) is 0.758. The van der Waals surface area contributed by atoms with Crippen LogP contribution in [0, 0.1) is 0 Å². The molecule has 2 unspecified atom stereocenters. The lowest BCUT2D eigenvalue weighted by molar-refractivity contribution is -0.132. The highest BCUT2D eigenvalue weighted by Gasteiger charge is 2.35. The Morgan fingerprint density at radius 1 is 1.53 bits per heavy atom. The van der Waals surface area contributed by atoms with Gasteiger partial charge < -0.3 is 9.84 Å². The summed E-state index contributed by atoms with van der Waals surface area (Å²) in [5, 5.41) is 8.98. The Balaban J connectivity index is 1.95. The number of carboxylic acids is 1. The molecule has 2 rings (SSSR count). The first kappa shape index (κ1) is 12.6. The van der Waals surface area contributed by atoms with Crippen LogP contribution in [-0.2, 0) is 9.53 Å². The molecule has 1 aliphatic carbocycles. The fraction of sp³-hybridized carbons (Fsp3) is 0.769. The second-order valence-corrected chi connectivity index (χ2v) is 4.79. The van der Waals surface area contributed by atoms with Crippen LogP contribution in [-0.4, -0.2) is 47.8 Å². The highest BCUT2D eigenvalue weighted by atomic mass is 16.5. The van der Waals surface area contributed by atoms with Crippen LogP contribution in [0.25, 0.3) is 0 Å². The summed E-state index contributed by atoms with van der Waals surface area (Å²) in [6, 6.07) is 0.506. The van der Waals surface area contributed by atoms with Crippen molar-refractivity contribution in [3.63, 3.8) is 0 Å². The summed E-state index contributed by atoms with van der Waals surface area (Å²) in [5.74, 6) is -0.788. The molecule has 2 atom stereocenters. The van der Waals surface area contributed by atoms with Gasteiger partial charge in [0.2, 0.25) is 0 Å². The number of aliphatic carboxylic acids is 1. The van der Waals surface area contributed by atoms with Gasteiger partial charge >= 0.3 is 5.97 Å². The zero-order valence-corrected chi connectivity index (χ0v) is 10.4. The Labute approximate surface area is 102 Å². The highest BCUT2D eigenvalue weighted by molar-refractivity contribution is 5.86. The number of ether oxygens (including phenoxy) is 1. The molecule has 1 heterocycles. The molecule has 1 aliphatic heterocycles. The minimum atomic E-state index is -0.788. The van der Waals surface area contributed by atoms with Crippen LogP contribution in [0.15, 0.2) is 11.6 Å². The van der Waals surface area contributed by atoms with Crippen molar-refractivity contribution in [2.24, 2.45) is 0 Å². The maximum atomic E-state index is 10.9.